The molecule has 1 amide bonds. The van der Waals surface area contributed by atoms with E-state index in [4.69, 9.17) is 20.4 Å². The summed E-state index contributed by atoms with van der Waals surface area (Å²) in [6, 6.07) is 0.688. The Balaban J connectivity index is 1.48. The number of hydrogen-bond donors (Lipinski definition) is 1. The number of carbonyl (C=O) groups excluding carboxylic acids is 1. The van der Waals surface area contributed by atoms with Gasteiger partial charge in [-0.25, -0.2) is 15.0 Å². The minimum atomic E-state index is 0.118. The van der Waals surface area contributed by atoms with Crippen molar-refractivity contribution in [1.29, 1.82) is 0 Å². The molecule has 1 saturated heterocycles. The highest BCUT2D eigenvalue weighted by Gasteiger charge is 2.41. The summed E-state index contributed by atoms with van der Waals surface area (Å²) in [5, 5.41) is 0. The van der Waals surface area contributed by atoms with Gasteiger partial charge in [-0.3, -0.25) is 4.79 Å². The minimum absolute atomic E-state index is 0.118. The SMILES string of the molecule is CC(=O)N(C)C1CC(N2CCc3c(-c4cnc(N)nc4)nc(N4CCOCC4)nc32)C1. The van der Waals surface area contributed by atoms with Gasteiger partial charge in [0.2, 0.25) is 17.8 Å². The number of rotatable bonds is 4. The van der Waals surface area contributed by atoms with Crippen LogP contribution in [0.2, 0.25) is 0 Å². The van der Waals surface area contributed by atoms with Gasteiger partial charge in [0.05, 0.1) is 18.9 Å². The van der Waals surface area contributed by atoms with Gasteiger partial charge in [0.1, 0.15) is 5.82 Å². The maximum absolute atomic E-state index is 11.7. The third kappa shape index (κ3) is 3.65. The lowest BCUT2D eigenvalue weighted by atomic mass is 9.84. The first kappa shape index (κ1) is 19.9. The van der Waals surface area contributed by atoms with E-state index < -0.39 is 0 Å². The van der Waals surface area contributed by atoms with Gasteiger partial charge in [0.25, 0.3) is 0 Å². The molecule has 10 heteroatoms. The van der Waals surface area contributed by atoms with Crippen molar-refractivity contribution in [3.05, 3.63) is 18.0 Å². The van der Waals surface area contributed by atoms with Gasteiger partial charge in [-0.15, -0.1) is 0 Å². The largest absolute Gasteiger partial charge is 0.378 e. The first-order valence-electron chi connectivity index (χ1n) is 10.8. The molecule has 2 aliphatic heterocycles. The average Bonchev–Trinajstić information content (AvgIpc) is 3.17. The first-order valence-corrected chi connectivity index (χ1v) is 10.8. The van der Waals surface area contributed by atoms with Crippen LogP contribution in [-0.4, -0.2) is 82.7 Å². The van der Waals surface area contributed by atoms with Gasteiger partial charge in [-0.1, -0.05) is 0 Å². The van der Waals surface area contributed by atoms with Crippen molar-refractivity contribution in [3.8, 4) is 11.3 Å². The van der Waals surface area contributed by atoms with Crippen molar-refractivity contribution < 1.29 is 9.53 Å². The molecular formula is C21H28N8O2. The fraction of sp³-hybridized carbons (Fsp3) is 0.571. The number of carbonyl (C=O) groups is 1. The van der Waals surface area contributed by atoms with Crippen LogP contribution >= 0.6 is 0 Å². The predicted molar refractivity (Wildman–Crippen MR) is 117 cm³/mol. The second-order valence-corrected chi connectivity index (χ2v) is 8.46. The molecule has 1 aliphatic carbocycles. The van der Waals surface area contributed by atoms with E-state index in [0.29, 0.717) is 25.3 Å². The highest BCUT2D eigenvalue weighted by Crippen LogP contribution is 2.40. The van der Waals surface area contributed by atoms with Crippen molar-refractivity contribution in [2.24, 2.45) is 0 Å². The molecular weight excluding hydrogens is 396 g/mol. The van der Waals surface area contributed by atoms with Crippen LogP contribution < -0.4 is 15.5 Å². The van der Waals surface area contributed by atoms with E-state index in [1.807, 2.05) is 11.9 Å². The Bertz CT molecular complexity index is 970. The number of morpholine rings is 1. The lowest BCUT2D eigenvalue weighted by Crippen LogP contribution is -2.54. The normalized spacial score (nSPS) is 22.8. The Morgan fingerprint density at radius 3 is 2.55 bits per heavy atom. The molecule has 2 aromatic heterocycles. The summed E-state index contributed by atoms with van der Waals surface area (Å²) in [5.74, 6) is 2.09. The van der Waals surface area contributed by atoms with Crippen LogP contribution in [0.15, 0.2) is 12.4 Å². The quantitative estimate of drug-likeness (QED) is 0.758. The van der Waals surface area contributed by atoms with E-state index in [2.05, 4.69) is 19.8 Å². The zero-order valence-corrected chi connectivity index (χ0v) is 18.0. The summed E-state index contributed by atoms with van der Waals surface area (Å²) >= 11 is 0. The summed E-state index contributed by atoms with van der Waals surface area (Å²) in [5.41, 5.74) is 8.56. The lowest BCUT2D eigenvalue weighted by molar-refractivity contribution is -0.131. The molecule has 10 nitrogen and oxygen atoms in total. The number of nitrogen functional groups attached to an aromatic ring is 1. The first-order chi connectivity index (χ1) is 15.0. The molecule has 1 saturated carbocycles. The maximum atomic E-state index is 11.7. The van der Waals surface area contributed by atoms with E-state index in [-0.39, 0.29) is 11.9 Å². The standard InChI is InChI=1S/C21H28N8O2/c1-13(30)27(2)15-9-16(10-15)29-4-3-17-18(14-11-23-20(22)24-12-14)25-21(26-19(17)29)28-5-7-31-8-6-28/h11-12,15-16H,3-10H2,1-2H3,(H2,22,23,24). The topological polar surface area (TPSA) is 114 Å². The smallest absolute Gasteiger partial charge is 0.228 e. The van der Waals surface area contributed by atoms with Crippen LogP contribution in [0.5, 0.6) is 0 Å². The third-order valence-corrected chi connectivity index (χ3v) is 6.66. The molecule has 0 bridgehead atoms. The lowest BCUT2D eigenvalue weighted by Gasteiger charge is -2.45. The number of nitrogens with two attached hydrogens (primary N) is 1. The Hall–Kier alpha value is -3.01. The van der Waals surface area contributed by atoms with Crippen molar-refractivity contribution >= 4 is 23.6 Å². The van der Waals surface area contributed by atoms with E-state index in [0.717, 1.165) is 67.5 Å². The monoisotopic (exact) mass is 424 g/mol. The molecule has 0 spiro atoms. The molecule has 2 N–H and O–H groups in total. The van der Waals surface area contributed by atoms with Crippen LogP contribution in [0.3, 0.4) is 0 Å². The van der Waals surface area contributed by atoms with Crippen molar-refractivity contribution in [2.45, 2.75) is 38.3 Å². The molecule has 31 heavy (non-hydrogen) atoms. The van der Waals surface area contributed by atoms with Gasteiger partial charge >= 0.3 is 0 Å². The highest BCUT2D eigenvalue weighted by atomic mass is 16.5. The maximum Gasteiger partial charge on any atom is 0.228 e. The molecule has 4 heterocycles. The van der Waals surface area contributed by atoms with Crippen molar-refractivity contribution in [2.75, 3.05) is 55.4 Å². The molecule has 3 aliphatic rings. The number of anilines is 3. The van der Waals surface area contributed by atoms with E-state index >= 15 is 0 Å². The molecule has 0 aromatic carbocycles. The Morgan fingerprint density at radius 1 is 1.16 bits per heavy atom. The number of ether oxygens (including phenoxy) is 1. The molecule has 2 fully saturated rings. The second kappa shape index (κ2) is 7.92. The van der Waals surface area contributed by atoms with Gasteiger partial charge in [-0.05, 0) is 19.3 Å². The fourth-order valence-electron chi connectivity index (χ4n) is 4.61. The molecule has 0 atom stereocenters. The van der Waals surface area contributed by atoms with Crippen LogP contribution in [0.4, 0.5) is 17.7 Å². The van der Waals surface area contributed by atoms with E-state index in [1.54, 1.807) is 19.3 Å². The van der Waals surface area contributed by atoms with Crippen molar-refractivity contribution in [3.63, 3.8) is 0 Å². The molecule has 164 valence electrons. The zero-order chi connectivity index (χ0) is 21.5. The van der Waals surface area contributed by atoms with Gasteiger partial charge in [0.15, 0.2) is 0 Å². The summed E-state index contributed by atoms with van der Waals surface area (Å²) in [6.45, 7) is 5.41. The summed E-state index contributed by atoms with van der Waals surface area (Å²) < 4.78 is 5.51. The molecule has 0 unspecified atom stereocenters. The zero-order valence-electron chi connectivity index (χ0n) is 18.0. The van der Waals surface area contributed by atoms with E-state index in [9.17, 15) is 4.79 Å². The van der Waals surface area contributed by atoms with E-state index in [1.165, 1.54) is 0 Å². The number of nitrogens with zero attached hydrogens (tertiary/aromatic N) is 7. The third-order valence-electron chi connectivity index (χ3n) is 6.66. The summed E-state index contributed by atoms with van der Waals surface area (Å²) in [4.78, 5) is 36.4. The van der Waals surface area contributed by atoms with Crippen LogP contribution in [-0.2, 0) is 16.0 Å². The number of amides is 1. The molecule has 2 aromatic rings. The van der Waals surface area contributed by atoms with Gasteiger partial charge < -0.3 is 25.2 Å². The summed E-state index contributed by atoms with van der Waals surface area (Å²) in [7, 11) is 1.89. The van der Waals surface area contributed by atoms with Crippen molar-refractivity contribution in [1.82, 2.24) is 24.8 Å². The fourth-order valence-corrected chi connectivity index (χ4v) is 4.61. The molecule has 5 rings (SSSR count). The predicted octanol–water partition coefficient (Wildman–Crippen LogP) is 0.724. The molecule has 0 radical (unpaired) electrons. The summed E-state index contributed by atoms with van der Waals surface area (Å²) in [6.07, 6.45) is 6.28. The number of aromatic nitrogens is 4. The number of hydrogen-bond acceptors (Lipinski definition) is 9. The number of fused-ring (bicyclic) bond motifs is 1. The van der Waals surface area contributed by atoms with Crippen LogP contribution in [0.25, 0.3) is 11.3 Å². The Morgan fingerprint density at radius 2 is 1.87 bits per heavy atom. The minimum Gasteiger partial charge on any atom is -0.378 e. The Labute approximate surface area is 181 Å². The van der Waals surface area contributed by atoms with Crippen LogP contribution in [0.1, 0.15) is 25.3 Å². The second-order valence-electron chi connectivity index (χ2n) is 8.46. The van der Waals surface area contributed by atoms with Crippen LogP contribution in [0, 0.1) is 0 Å². The van der Waals surface area contributed by atoms with Gasteiger partial charge in [0, 0.05) is 69.2 Å². The van der Waals surface area contributed by atoms with Gasteiger partial charge in [-0.2, -0.15) is 4.98 Å². The highest BCUT2D eigenvalue weighted by molar-refractivity contribution is 5.74. The Kier molecular flexibility index (Phi) is 5.09. The average molecular weight is 425 g/mol.